The number of ether oxygens (including phenoxy) is 1. The van der Waals surface area contributed by atoms with Crippen LogP contribution in [0.15, 0.2) is 4.79 Å². The van der Waals surface area contributed by atoms with Crippen molar-refractivity contribution in [1.29, 1.82) is 0 Å². The maximum atomic E-state index is 11.9. The van der Waals surface area contributed by atoms with Gasteiger partial charge in [-0.25, -0.2) is 4.98 Å². The zero-order chi connectivity index (χ0) is 12.6. The molecule has 1 aromatic heterocycles. The molecule has 0 bridgehead atoms. The summed E-state index contributed by atoms with van der Waals surface area (Å²) >= 11 is 2.08. The van der Waals surface area contributed by atoms with Crippen molar-refractivity contribution in [2.45, 2.75) is 45.1 Å². The first-order valence-electron chi connectivity index (χ1n) is 5.90. The summed E-state index contributed by atoms with van der Waals surface area (Å²) in [4.78, 5) is 19.3. The summed E-state index contributed by atoms with van der Waals surface area (Å²) in [6.07, 6.45) is 2.28. The third-order valence-electron chi connectivity index (χ3n) is 2.93. The Morgan fingerprint density at radius 3 is 2.71 bits per heavy atom. The molecule has 4 nitrogen and oxygen atoms in total. The Morgan fingerprint density at radius 1 is 1.53 bits per heavy atom. The first kappa shape index (κ1) is 13.0. The molecule has 17 heavy (non-hydrogen) atoms. The molecule has 2 rings (SSSR count). The summed E-state index contributed by atoms with van der Waals surface area (Å²) in [7, 11) is 0. The lowest BCUT2D eigenvalue weighted by molar-refractivity contribution is -0.0211. The quantitative estimate of drug-likeness (QED) is 0.851. The molecule has 1 heterocycles. The van der Waals surface area contributed by atoms with Gasteiger partial charge >= 0.3 is 0 Å². The van der Waals surface area contributed by atoms with Gasteiger partial charge in [0.15, 0.2) is 0 Å². The molecule has 0 radical (unpaired) electrons. The number of nitrogens with one attached hydrogen (secondary N) is 1. The largest absolute Gasteiger partial charge is 0.368 e. The standard InChI is InChI=1S/C12H17IN2O2/c1-4-17-12(2,3)11-14-9(7-5-6-7)8(13)10(16)15-11/h7H,4-6H2,1-3H3,(H,14,15,16). The lowest BCUT2D eigenvalue weighted by atomic mass is 10.1. The van der Waals surface area contributed by atoms with E-state index in [1.54, 1.807) is 0 Å². The number of rotatable bonds is 4. The van der Waals surface area contributed by atoms with Crippen LogP contribution in [-0.2, 0) is 10.3 Å². The molecule has 0 spiro atoms. The van der Waals surface area contributed by atoms with E-state index >= 15 is 0 Å². The van der Waals surface area contributed by atoms with E-state index in [9.17, 15) is 4.79 Å². The van der Waals surface area contributed by atoms with Crippen LogP contribution in [0.4, 0.5) is 0 Å². The van der Waals surface area contributed by atoms with Gasteiger partial charge < -0.3 is 9.72 Å². The van der Waals surface area contributed by atoms with Gasteiger partial charge in [0.1, 0.15) is 11.4 Å². The van der Waals surface area contributed by atoms with Crippen molar-refractivity contribution in [2.75, 3.05) is 6.61 Å². The van der Waals surface area contributed by atoms with Crippen molar-refractivity contribution in [3.05, 3.63) is 25.4 Å². The van der Waals surface area contributed by atoms with Gasteiger partial charge in [-0.05, 0) is 56.2 Å². The Labute approximate surface area is 114 Å². The number of nitrogens with zero attached hydrogens (tertiary/aromatic N) is 1. The molecule has 0 aliphatic heterocycles. The molecule has 0 amide bonds. The summed E-state index contributed by atoms with van der Waals surface area (Å²) < 4.78 is 6.35. The van der Waals surface area contributed by atoms with Gasteiger partial charge in [0, 0.05) is 12.5 Å². The third kappa shape index (κ3) is 2.70. The van der Waals surface area contributed by atoms with E-state index in [4.69, 9.17) is 4.74 Å². The summed E-state index contributed by atoms with van der Waals surface area (Å²) in [5, 5.41) is 0. The van der Waals surface area contributed by atoms with Crippen molar-refractivity contribution in [3.63, 3.8) is 0 Å². The maximum absolute atomic E-state index is 11.9. The molecule has 1 saturated carbocycles. The number of aromatic amines is 1. The molecular formula is C12H17IN2O2. The van der Waals surface area contributed by atoms with Gasteiger partial charge in [0.05, 0.1) is 9.26 Å². The second-order valence-electron chi connectivity index (χ2n) is 4.83. The van der Waals surface area contributed by atoms with Crippen molar-refractivity contribution in [3.8, 4) is 0 Å². The molecule has 0 aromatic carbocycles. The predicted molar refractivity (Wildman–Crippen MR) is 74.2 cm³/mol. The minimum atomic E-state index is -0.540. The Morgan fingerprint density at radius 2 is 2.18 bits per heavy atom. The first-order chi connectivity index (χ1) is 7.95. The van der Waals surface area contributed by atoms with Gasteiger partial charge in [-0.15, -0.1) is 0 Å². The van der Waals surface area contributed by atoms with E-state index in [1.807, 2.05) is 20.8 Å². The summed E-state index contributed by atoms with van der Waals surface area (Å²) in [5.41, 5.74) is 0.351. The number of hydrogen-bond acceptors (Lipinski definition) is 3. The minimum Gasteiger partial charge on any atom is -0.368 e. The lowest BCUT2D eigenvalue weighted by Crippen LogP contribution is -2.30. The van der Waals surface area contributed by atoms with Crippen molar-refractivity contribution in [2.24, 2.45) is 0 Å². The van der Waals surface area contributed by atoms with Crippen LogP contribution in [0.2, 0.25) is 0 Å². The van der Waals surface area contributed by atoms with Crippen molar-refractivity contribution >= 4 is 22.6 Å². The summed E-state index contributed by atoms with van der Waals surface area (Å²) in [6.45, 7) is 6.40. The molecule has 1 fully saturated rings. The topological polar surface area (TPSA) is 55.0 Å². The van der Waals surface area contributed by atoms with Crippen LogP contribution in [0.5, 0.6) is 0 Å². The molecule has 5 heteroatoms. The van der Waals surface area contributed by atoms with Gasteiger partial charge in [-0.3, -0.25) is 4.79 Å². The van der Waals surface area contributed by atoms with Crippen LogP contribution in [0.25, 0.3) is 0 Å². The second-order valence-corrected chi connectivity index (χ2v) is 5.91. The SMILES string of the molecule is CCOC(C)(C)c1nc(C2CC2)c(I)c(=O)[nH]1. The number of hydrogen-bond donors (Lipinski definition) is 1. The lowest BCUT2D eigenvalue weighted by Gasteiger charge is -2.24. The van der Waals surface area contributed by atoms with Gasteiger partial charge in [0.25, 0.3) is 5.56 Å². The Bertz CT molecular complexity index is 478. The van der Waals surface area contributed by atoms with Crippen LogP contribution in [0, 0.1) is 3.57 Å². The van der Waals surface area contributed by atoms with E-state index in [0.29, 0.717) is 18.3 Å². The highest BCUT2D eigenvalue weighted by Gasteiger charge is 2.32. The Balaban J connectivity index is 2.45. The highest BCUT2D eigenvalue weighted by atomic mass is 127. The summed E-state index contributed by atoms with van der Waals surface area (Å²) in [5.74, 6) is 1.10. The first-order valence-corrected chi connectivity index (χ1v) is 6.97. The molecule has 0 atom stereocenters. The Hall–Kier alpha value is -0.430. The minimum absolute atomic E-state index is 0.0507. The van der Waals surface area contributed by atoms with E-state index < -0.39 is 5.60 Å². The molecule has 1 aromatic rings. The highest BCUT2D eigenvalue weighted by molar-refractivity contribution is 14.1. The van der Waals surface area contributed by atoms with Gasteiger partial charge in [-0.1, -0.05) is 0 Å². The molecule has 94 valence electrons. The van der Waals surface area contributed by atoms with E-state index in [-0.39, 0.29) is 5.56 Å². The highest BCUT2D eigenvalue weighted by Crippen LogP contribution is 2.40. The van der Waals surface area contributed by atoms with Gasteiger partial charge in [-0.2, -0.15) is 0 Å². The van der Waals surface area contributed by atoms with Crippen LogP contribution in [-0.4, -0.2) is 16.6 Å². The smallest absolute Gasteiger partial charge is 0.264 e. The second kappa shape index (κ2) is 4.68. The Kier molecular flexibility index (Phi) is 3.58. The molecule has 1 aliphatic carbocycles. The molecule has 1 aliphatic rings. The number of H-pyrrole nitrogens is 1. The van der Waals surface area contributed by atoms with Crippen LogP contribution < -0.4 is 5.56 Å². The number of halogens is 1. The average Bonchev–Trinajstić information content (AvgIpc) is 3.05. The van der Waals surface area contributed by atoms with Gasteiger partial charge in [0.2, 0.25) is 0 Å². The third-order valence-corrected chi connectivity index (χ3v) is 3.97. The van der Waals surface area contributed by atoms with E-state index in [1.165, 1.54) is 0 Å². The van der Waals surface area contributed by atoms with Crippen molar-refractivity contribution in [1.82, 2.24) is 9.97 Å². The zero-order valence-corrected chi connectivity index (χ0v) is 12.5. The fourth-order valence-electron chi connectivity index (χ4n) is 1.82. The normalized spacial score (nSPS) is 16.2. The van der Waals surface area contributed by atoms with E-state index in [0.717, 1.165) is 22.1 Å². The molecule has 0 saturated heterocycles. The summed E-state index contributed by atoms with van der Waals surface area (Å²) in [6, 6.07) is 0. The van der Waals surface area contributed by atoms with Crippen LogP contribution in [0.1, 0.15) is 51.0 Å². The maximum Gasteiger partial charge on any atom is 0.264 e. The van der Waals surface area contributed by atoms with Crippen LogP contribution in [0.3, 0.4) is 0 Å². The molecule has 0 unspecified atom stereocenters. The zero-order valence-electron chi connectivity index (χ0n) is 10.3. The van der Waals surface area contributed by atoms with Crippen LogP contribution >= 0.6 is 22.6 Å². The molecule has 1 N–H and O–H groups in total. The monoisotopic (exact) mass is 348 g/mol. The number of aromatic nitrogens is 2. The predicted octanol–water partition coefficient (Wildman–Crippen LogP) is 2.52. The van der Waals surface area contributed by atoms with Crippen molar-refractivity contribution < 1.29 is 4.74 Å². The molecular weight excluding hydrogens is 331 g/mol. The fraction of sp³-hybridized carbons (Fsp3) is 0.667. The fourth-order valence-corrected chi connectivity index (χ4v) is 2.51. The average molecular weight is 348 g/mol. The van der Waals surface area contributed by atoms with E-state index in [2.05, 4.69) is 32.6 Å².